The largest absolute Gasteiger partial charge is 0.262 e. The maximum Gasteiger partial charge on any atom is 0.211 e. The number of halogens is 1. The first-order valence-electron chi connectivity index (χ1n) is 2.94. The molecule has 2 rings (SSSR count). The molecule has 1 aromatic heterocycles. The number of aromatic nitrogens is 3. The third-order valence-corrected chi connectivity index (χ3v) is 1.92. The lowest BCUT2D eigenvalue weighted by Gasteiger charge is -1.81. The van der Waals surface area contributed by atoms with Gasteiger partial charge < -0.3 is 0 Å². The van der Waals surface area contributed by atoms with Crippen molar-refractivity contribution in [1.29, 1.82) is 0 Å². The van der Waals surface area contributed by atoms with Crippen molar-refractivity contribution in [2.24, 2.45) is 0 Å². The van der Waals surface area contributed by atoms with Crippen LogP contribution in [0.3, 0.4) is 0 Å². The maximum atomic E-state index is 4.19. The van der Waals surface area contributed by atoms with Crippen molar-refractivity contribution < 1.29 is 0 Å². The normalized spacial score (nSPS) is 18.3. The first-order valence-corrected chi connectivity index (χ1v) is 4.02. The molecule has 1 N–H and O–H groups in total. The van der Waals surface area contributed by atoms with Crippen molar-refractivity contribution in [2.45, 2.75) is 18.8 Å². The molecule has 0 aliphatic heterocycles. The molecule has 4 heteroatoms. The van der Waals surface area contributed by atoms with E-state index in [1.807, 2.05) is 0 Å². The van der Waals surface area contributed by atoms with Crippen LogP contribution in [-0.4, -0.2) is 15.2 Å². The first-order chi connectivity index (χ1) is 4.36. The zero-order chi connectivity index (χ0) is 6.27. The summed E-state index contributed by atoms with van der Waals surface area (Å²) in [5, 5.41) is 6.83. The first kappa shape index (κ1) is 5.64. The SMILES string of the molecule is Ic1n[nH]c(C2CC2)n1. The van der Waals surface area contributed by atoms with Crippen LogP contribution in [0.2, 0.25) is 0 Å². The van der Waals surface area contributed by atoms with Crippen molar-refractivity contribution in [3.63, 3.8) is 0 Å². The van der Waals surface area contributed by atoms with Gasteiger partial charge in [0.2, 0.25) is 3.83 Å². The summed E-state index contributed by atoms with van der Waals surface area (Å²) in [6, 6.07) is 0. The molecule has 1 saturated carbocycles. The zero-order valence-corrected chi connectivity index (χ0v) is 6.92. The molecule has 1 aromatic rings. The molecule has 0 unspecified atom stereocenters. The summed E-state index contributed by atoms with van der Waals surface area (Å²) in [5.74, 6) is 1.76. The monoisotopic (exact) mass is 235 g/mol. The van der Waals surface area contributed by atoms with Gasteiger partial charge in [0.05, 0.1) is 0 Å². The Kier molecular flexibility index (Phi) is 1.21. The van der Waals surface area contributed by atoms with Gasteiger partial charge in [0.1, 0.15) is 5.82 Å². The fraction of sp³-hybridized carbons (Fsp3) is 0.600. The Morgan fingerprint density at radius 2 is 2.33 bits per heavy atom. The van der Waals surface area contributed by atoms with Gasteiger partial charge >= 0.3 is 0 Å². The van der Waals surface area contributed by atoms with Crippen LogP contribution in [0.4, 0.5) is 0 Å². The Balaban J connectivity index is 2.28. The van der Waals surface area contributed by atoms with E-state index in [1.54, 1.807) is 0 Å². The second-order valence-electron chi connectivity index (χ2n) is 2.26. The molecule has 0 atom stereocenters. The molecule has 1 heterocycles. The summed E-state index contributed by atoms with van der Waals surface area (Å²) in [7, 11) is 0. The maximum absolute atomic E-state index is 4.19. The average Bonchev–Trinajstić information content (AvgIpc) is 2.58. The minimum absolute atomic E-state index is 0.695. The van der Waals surface area contributed by atoms with Crippen LogP contribution in [0.25, 0.3) is 0 Å². The van der Waals surface area contributed by atoms with E-state index in [0.717, 1.165) is 9.66 Å². The highest BCUT2D eigenvalue weighted by atomic mass is 127. The average molecular weight is 235 g/mol. The van der Waals surface area contributed by atoms with Crippen LogP contribution in [0.15, 0.2) is 0 Å². The predicted octanol–water partition coefficient (Wildman–Crippen LogP) is 1.29. The van der Waals surface area contributed by atoms with Gasteiger partial charge in [-0.05, 0) is 12.8 Å². The van der Waals surface area contributed by atoms with Crippen LogP contribution in [-0.2, 0) is 0 Å². The minimum Gasteiger partial charge on any atom is -0.262 e. The lowest BCUT2D eigenvalue weighted by molar-refractivity contribution is 0.934. The number of hydrogen-bond acceptors (Lipinski definition) is 2. The minimum atomic E-state index is 0.695. The number of aromatic amines is 1. The van der Waals surface area contributed by atoms with Gasteiger partial charge in [-0.1, -0.05) is 0 Å². The Bertz CT molecular complexity index is 216. The fourth-order valence-electron chi connectivity index (χ4n) is 0.792. The summed E-state index contributed by atoms with van der Waals surface area (Å²) in [6.07, 6.45) is 2.57. The Morgan fingerprint density at radius 3 is 2.78 bits per heavy atom. The van der Waals surface area contributed by atoms with Gasteiger partial charge in [0.25, 0.3) is 0 Å². The Labute approximate surface area is 66.4 Å². The molecule has 0 radical (unpaired) electrons. The predicted molar refractivity (Wildman–Crippen MR) is 41.1 cm³/mol. The van der Waals surface area contributed by atoms with Crippen molar-refractivity contribution in [3.05, 3.63) is 9.66 Å². The number of nitrogens with one attached hydrogen (secondary N) is 1. The van der Waals surface area contributed by atoms with E-state index in [9.17, 15) is 0 Å². The van der Waals surface area contributed by atoms with E-state index in [2.05, 4.69) is 37.8 Å². The van der Waals surface area contributed by atoms with E-state index in [4.69, 9.17) is 0 Å². The number of rotatable bonds is 1. The molecule has 0 saturated heterocycles. The number of hydrogen-bond donors (Lipinski definition) is 1. The number of H-pyrrole nitrogens is 1. The van der Waals surface area contributed by atoms with Crippen LogP contribution in [0, 0.1) is 3.83 Å². The molecule has 1 fully saturated rings. The molecular formula is C5H6IN3. The second-order valence-corrected chi connectivity index (χ2v) is 3.23. The van der Waals surface area contributed by atoms with Gasteiger partial charge in [-0.15, -0.1) is 5.10 Å². The summed E-state index contributed by atoms with van der Waals surface area (Å²) < 4.78 is 0.828. The summed E-state index contributed by atoms with van der Waals surface area (Å²) in [4.78, 5) is 4.19. The highest BCUT2D eigenvalue weighted by Gasteiger charge is 2.26. The van der Waals surface area contributed by atoms with Gasteiger partial charge in [-0.2, -0.15) is 0 Å². The fourth-order valence-corrected chi connectivity index (χ4v) is 1.17. The Hall–Kier alpha value is -0.130. The smallest absolute Gasteiger partial charge is 0.211 e. The lowest BCUT2D eigenvalue weighted by Crippen LogP contribution is -1.80. The van der Waals surface area contributed by atoms with Crippen molar-refractivity contribution in [2.75, 3.05) is 0 Å². The highest BCUT2D eigenvalue weighted by molar-refractivity contribution is 14.1. The molecule has 0 amide bonds. The number of nitrogens with zero attached hydrogens (tertiary/aromatic N) is 2. The van der Waals surface area contributed by atoms with Crippen LogP contribution >= 0.6 is 22.6 Å². The summed E-state index contributed by atoms with van der Waals surface area (Å²) in [6.45, 7) is 0. The lowest BCUT2D eigenvalue weighted by atomic mass is 10.4. The van der Waals surface area contributed by atoms with Crippen molar-refractivity contribution in [3.8, 4) is 0 Å². The highest BCUT2D eigenvalue weighted by Crippen LogP contribution is 2.37. The van der Waals surface area contributed by atoms with Crippen LogP contribution in [0.5, 0.6) is 0 Å². The second kappa shape index (κ2) is 1.93. The van der Waals surface area contributed by atoms with E-state index < -0.39 is 0 Å². The van der Waals surface area contributed by atoms with E-state index in [0.29, 0.717) is 5.92 Å². The zero-order valence-electron chi connectivity index (χ0n) is 4.76. The molecule has 0 aromatic carbocycles. The van der Waals surface area contributed by atoms with Gasteiger partial charge in [-0.25, -0.2) is 4.98 Å². The molecule has 0 spiro atoms. The third-order valence-electron chi connectivity index (χ3n) is 1.44. The van der Waals surface area contributed by atoms with Gasteiger partial charge in [0, 0.05) is 28.5 Å². The molecular weight excluding hydrogens is 229 g/mol. The molecule has 1 aliphatic carbocycles. The third kappa shape index (κ3) is 1.08. The Morgan fingerprint density at radius 1 is 1.56 bits per heavy atom. The van der Waals surface area contributed by atoms with E-state index >= 15 is 0 Å². The molecule has 3 nitrogen and oxygen atoms in total. The summed E-state index contributed by atoms with van der Waals surface area (Å²) in [5.41, 5.74) is 0. The quantitative estimate of drug-likeness (QED) is 0.745. The molecule has 1 aliphatic rings. The van der Waals surface area contributed by atoms with Gasteiger partial charge in [-0.3, -0.25) is 5.10 Å². The van der Waals surface area contributed by atoms with E-state index in [-0.39, 0.29) is 0 Å². The topological polar surface area (TPSA) is 41.6 Å². The summed E-state index contributed by atoms with van der Waals surface area (Å²) >= 11 is 2.11. The van der Waals surface area contributed by atoms with Crippen LogP contribution < -0.4 is 0 Å². The molecule has 0 bridgehead atoms. The van der Waals surface area contributed by atoms with Crippen molar-refractivity contribution >= 4 is 22.6 Å². The van der Waals surface area contributed by atoms with Gasteiger partial charge in [0.15, 0.2) is 0 Å². The van der Waals surface area contributed by atoms with Crippen molar-refractivity contribution in [1.82, 2.24) is 15.2 Å². The molecule has 9 heavy (non-hydrogen) atoms. The molecule has 48 valence electrons. The van der Waals surface area contributed by atoms with E-state index in [1.165, 1.54) is 12.8 Å². The van der Waals surface area contributed by atoms with Crippen LogP contribution in [0.1, 0.15) is 24.6 Å². The standard InChI is InChI=1S/C5H6IN3/c6-5-7-4(8-9-5)3-1-2-3/h3H,1-2H2,(H,7,8,9).